The molecule has 1 aromatic heterocycles. The van der Waals surface area contributed by atoms with E-state index in [2.05, 4.69) is 10.3 Å². The average Bonchev–Trinajstić information content (AvgIpc) is 2.79. The van der Waals surface area contributed by atoms with Crippen molar-refractivity contribution in [3.05, 3.63) is 12.4 Å². The van der Waals surface area contributed by atoms with Gasteiger partial charge in [0.2, 0.25) is 5.95 Å². The highest BCUT2D eigenvalue weighted by Crippen LogP contribution is 2.37. The van der Waals surface area contributed by atoms with Crippen LogP contribution in [0.1, 0.15) is 39.5 Å². The molecule has 1 aliphatic rings. The molecule has 0 bridgehead atoms. The first kappa shape index (κ1) is 12.9. The van der Waals surface area contributed by atoms with Crippen molar-refractivity contribution in [3.8, 4) is 0 Å². The highest BCUT2D eigenvalue weighted by Gasteiger charge is 2.43. The summed E-state index contributed by atoms with van der Waals surface area (Å²) in [6.07, 6.45) is 7.33. The number of aliphatic carboxylic acids is 1. The molecule has 18 heavy (non-hydrogen) atoms. The van der Waals surface area contributed by atoms with Gasteiger partial charge in [-0.25, -0.2) is 4.98 Å². The summed E-state index contributed by atoms with van der Waals surface area (Å²) in [6, 6.07) is -0.0450. The molecule has 0 amide bonds. The molecule has 100 valence electrons. The van der Waals surface area contributed by atoms with E-state index in [1.165, 1.54) is 0 Å². The maximum atomic E-state index is 11.5. The fourth-order valence-electron chi connectivity index (χ4n) is 2.68. The number of aromatic nitrogens is 2. The third kappa shape index (κ3) is 2.21. The zero-order chi connectivity index (χ0) is 13.2. The van der Waals surface area contributed by atoms with Crippen LogP contribution in [-0.2, 0) is 11.3 Å². The molecule has 0 aromatic carbocycles. The first-order valence-electron chi connectivity index (χ1n) is 6.59. The Morgan fingerprint density at radius 2 is 2.44 bits per heavy atom. The molecule has 5 nitrogen and oxygen atoms in total. The van der Waals surface area contributed by atoms with Crippen LogP contribution < -0.4 is 5.32 Å². The molecule has 1 aromatic rings. The van der Waals surface area contributed by atoms with E-state index in [-0.39, 0.29) is 6.04 Å². The van der Waals surface area contributed by atoms with Gasteiger partial charge >= 0.3 is 5.97 Å². The first-order valence-corrected chi connectivity index (χ1v) is 6.59. The van der Waals surface area contributed by atoms with Gasteiger partial charge in [-0.3, -0.25) is 4.79 Å². The third-order valence-corrected chi connectivity index (χ3v) is 4.06. The molecule has 5 heteroatoms. The highest BCUT2D eigenvalue weighted by atomic mass is 16.4. The molecule has 0 spiro atoms. The molecule has 2 atom stereocenters. The molecule has 1 aliphatic carbocycles. The van der Waals surface area contributed by atoms with Crippen LogP contribution in [0, 0.1) is 5.41 Å². The van der Waals surface area contributed by atoms with E-state index >= 15 is 0 Å². The molecular formula is C13H21N3O2. The number of carboxylic acids is 1. The summed E-state index contributed by atoms with van der Waals surface area (Å²) in [7, 11) is 0. The van der Waals surface area contributed by atoms with Gasteiger partial charge < -0.3 is 15.0 Å². The highest BCUT2D eigenvalue weighted by molar-refractivity contribution is 5.76. The molecule has 2 rings (SSSR count). The van der Waals surface area contributed by atoms with Crippen molar-refractivity contribution in [3.63, 3.8) is 0 Å². The summed E-state index contributed by atoms with van der Waals surface area (Å²) in [4.78, 5) is 15.8. The molecular weight excluding hydrogens is 230 g/mol. The second kappa shape index (κ2) is 5.00. The van der Waals surface area contributed by atoms with E-state index in [4.69, 9.17) is 0 Å². The van der Waals surface area contributed by atoms with Gasteiger partial charge in [0.25, 0.3) is 0 Å². The Hall–Kier alpha value is -1.52. The van der Waals surface area contributed by atoms with Crippen molar-refractivity contribution in [1.82, 2.24) is 9.55 Å². The number of carboxylic acid groups (broad SMARTS) is 1. The Kier molecular flexibility index (Phi) is 3.59. The first-order chi connectivity index (χ1) is 8.58. The number of nitrogens with one attached hydrogen (secondary N) is 1. The second-order valence-corrected chi connectivity index (χ2v) is 5.20. The Labute approximate surface area is 107 Å². The summed E-state index contributed by atoms with van der Waals surface area (Å²) in [5, 5.41) is 12.8. The number of aryl methyl sites for hydroxylation is 1. The number of carbonyl (C=O) groups is 1. The Bertz CT molecular complexity index is 430. The van der Waals surface area contributed by atoms with Crippen LogP contribution in [0.5, 0.6) is 0 Å². The predicted molar refractivity (Wildman–Crippen MR) is 69.5 cm³/mol. The fraction of sp³-hybridized carbons (Fsp3) is 0.692. The van der Waals surface area contributed by atoms with Crippen molar-refractivity contribution in [2.45, 2.75) is 52.1 Å². The van der Waals surface area contributed by atoms with Crippen molar-refractivity contribution >= 4 is 11.9 Å². The second-order valence-electron chi connectivity index (χ2n) is 5.20. The van der Waals surface area contributed by atoms with Crippen LogP contribution in [0.4, 0.5) is 5.95 Å². The lowest BCUT2D eigenvalue weighted by Crippen LogP contribution is -2.47. The molecule has 1 fully saturated rings. The summed E-state index contributed by atoms with van der Waals surface area (Å²) < 4.78 is 2.00. The largest absolute Gasteiger partial charge is 0.481 e. The molecule has 0 aliphatic heterocycles. The van der Waals surface area contributed by atoms with E-state index in [1.54, 1.807) is 6.20 Å². The minimum absolute atomic E-state index is 0.0450. The van der Waals surface area contributed by atoms with Crippen molar-refractivity contribution in [2.24, 2.45) is 5.41 Å². The topological polar surface area (TPSA) is 67.2 Å². The lowest BCUT2D eigenvalue weighted by atomic mass is 9.72. The van der Waals surface area contributed by atoms with E-state index in [1.807, 2.05) is 24.6 Å². The minimum atomic E-state index is -0.714. The molecule has 0 radical (unpaired) electrons. The summed E-state index contributed by atoms with van der Waals surface area (Å²) >= 11 is 0. The fourth-order valence-corrected chi connectivity index (χ4v) is 2.68. The van der Waals surface area contributed by atoms with Crippen molar-refractivity contribution < 1.29 is 9.90 Å². The van der Waals surface area contributed by atoms with Crippen LogP contribution in [0.2, 0.25) is 0 Å². The number of imidazole rings is 1. The predicted octanol–water partition coefficient (Wildman–Crippen LogP) is 2.35. The molecule has 1 saturated carbocycles. The lowest BCUT2D eigenvalue weighted by Gasteiger charge is -2.38. The van der Waals surface area contributed by atoms with Gasteiger partial charge in [0.15, 0.2) is 0 Å². The summed E-state index contributed by atoms with van der Waals surface area (Å²) in [6.45, 7) is 4.72. The SMILES string of the molecule is CCn1ccnc1NC1CCCCC1(C)C(=O)O. The zero-order valence-electron chi connectivity index (χ0n) is 11.0. The number of rotatable bonds is 4. The van der Waals surface area contributed by atoms with Crippen LogP contribution in [0.25, 0.3) is 0 Å². The van der Waals surface area contributed by atoms with Gasteiger partial charge in [0, 0.05) is 25.0 Å². The molecule has 0 saturated heterocycles. The standard InChI is InChI=1S/C13H21N3O2/c1-3-16-9-8-14-12(16)15-10-6-4-5-7-13(10,2)11(17)18/h8-10H,3-7H2,1-2H3,(H,14,15)(H,17,18). The maximum absolute atomic E-state index is 11.5. The van der Waals surface area contributed by atoms with Gasteiger partial charge in [-0.1, -0.05) is 12.8 Å². The molecule has 2 N–H and O–H groups in total. The minimum Gasteiger partial charge on any atom is -0.481 e. The van der Waals surface area contributed by atoms with Gasteiger partial charge in [-0.2, -0.15) is 0 Å². The van der Waals surface area contributed by atoms with Gasteiger partial charge in [0.1, 0.15) is 0 Å². The van der Waals surface area contributed by atoms with Crippen LogP contribution in [-0.4, -0.2) is 26.7 Å². The third-order valence-electron chi connectivity index (χ3n) is 4.06. The lowest BCUT2D eigenvalue weighted by molar-refractivity contribution is -0.150. The number of nitrogens with zero attached hydrogens (tertiary/aromatic N) is 2. The van der Waals surface area contributed by atoms with E-state index < -0.39 is 11.4 Å². The Morgan fingerprint density at radius 1 is 1.67 bits per heavy atom. The smallest absolute Gasteiger partial charge is 0.311 e. The normalized spacial score (nSPS) is 28.0. The van der Waals surface area contributed by atoms with Crippen molar-refractivity contribution in [2.75, 3.05) is 5.32 Å². The van der Waals surface area contributed by atoms with E-state index in [9.17, 15) is 9.90 Å². The quantitative estimate of drug-likeness (QED) is 0.862. The zero-order valence-corrected chi connectivity index (χ0v) is 11.0. The van der Waals surface area contributed by atoms with Gasteiger partial charge in [0.05, 0.1) is 5.41 Å². The summed E-state index contributed by atoms with van der Waals surface area (Å²) in [5.41, 5.74) is -0.692. The molecule has 2 unspecified atom stereocenters. The molecule has 1 heterocycles. The van der Waals surface area contributed by atoms with Crippen molar-refractivity contribution in [1.29, 1.82) is 0 Å². The van der Waals surface area contributed by atoms with E-state index in [0.29, 0.717) is 0 Å². The average molecular weight is 251 g/mol. The summed E-state index contributed by atoms with van der Waals surface area (Å²) in [5.74, 6) is 0.0613. The monoisotopic (exact) mass is 251 g/mol. The maximum Gasteiger partial charge on any atom is 0.311 e. The Balaban J connectivity index is 2.18. The number of hydrogen-bond donors (Lipinski definition) is 2. The number of anilines is 1. The number of hydrogen-bond acceptors (Lipinski definition) is 3. The van der Waals surface area contributed by atoms with Crippen LogP contribution in [0.3, 0.4) is 0 Å². The van der Waals surface area contributed by atoms with Crippen LogP contribution in [0.15, 0.2) is 12.4 Å². The Morgan fingerprint density at radius 3 is 3.11 bits per heavy atom. The van der Waals surface area contributed by atoms with Crippen LogP contribution >= 0.6 is 0 Å². The van der Waals surface area contributed by atoms with Gasteiger partial charge in [-0.05, 0) is 26.7 Å². The van der Waals surface area contributed by atoms with E-state index in [0.717, 1.165) is 38.2 Å². The van der Waals surface area contributed by atoms with Gasteiger partial charge in [-0.15, -0.1) is 0 Å².